The number of carbonyl (C=O) groups is 2. The molecule has 0 aromatic heterocycles. The molecular weight excluding hydrogens is 267 g/mol. The first kappa shape index (κ1) is 16.8. The second kappa shape index (κ2) is 12.3. The summed E-state index contributed by atoms with van der Waals surface area (Å²) in [5.41, 5.74) is 0. The van der Waals surface area contributed by atoms with Crippen LogP contribution in [0.2, 0.25) is 0 Å². The molecular formula is C11H18Cl2O4. The van der Waals surface area contributed by atoms with Crippen LogP contribution < -0.4 is 0 Å². The number of rotatable bonds is 12. The Kier molecular flexibility index (Phi) is 12.2. The van der Waals surface area contributed by atoms with Crippen LogP contribution in [0.4, 0.5) is 0 Å². The van der Waals surface area contributed by atoms with Crippen molar-refractivity contribution in [3.63, 3.8) is 0 Å². The van der Waals surface area contributed by atoms with E-state index in [0.717, 1.165) is 19.3 Å². The molecule has 0 radical (unpaired) electrons. The average molecular weight is 285 g/mol. The summed E-state index contributed by atoms with van der Waals surface area (Å²) >= 11 is 10.3. The summed E-state index contributed by atoms with van der Waals surface area (Å²) in [7, 11) is 0. The minimum Gasteiger partial charge on any atom is -0.381 e. The van der Waals surface area contributed by atoms with E-state index in [1.807, 2.05) is 0 Å². The molecule has 17 heavy (non-hydrogen) atoms. The van der Waals surface area contributed by atoms with Crippen molar-refractivity contribution in [2.45, 2.75) is 32.1 Å². The van der Waals surface area contributed by atoms with Crippen LogP contribution in [-0.4, -0.2) is 36.9 Å². The maximum Gasteiger partial charge on any atom is 0.223 e. The highest BCUT2D eigenvalue weighted by atomic mass is 35.5. The van der Waals surface area contributed by atoms with Gasteiger partial charge in [-0.2, -0.15) is 0 Å². The predicted octanol–water partition coefficient (Wildman–Crippen LogP) is 2.50. The van der Waals surface area contributed by atoms with Crippen molar-refractivity contribution in [3.05, 3.63) is 0 Å². The van der Waals surface area contributed by atoms with Crippen LogP contribution in [0.15, 0.2) is 0 Å². The number of hydrogen-bond acceptors (Lipinski definition) is 4. The smallest absolute Gasteiger partial charge is 0.223 e. The molecule has 0 heterocycles. The number of carbonyl (C=O) groups excluding carboxylic acids is 2. The van der Waals surface area contributed by atoms with E-state index in [1.54, 1.807) is 0 Å². The minimum atomic E-state index is -0.368. The lowest BCUT2D eigenvalue weighted by atomic mass is 10.2. The molecule has 0 saturated carbocycles. The molecule has 0 rings (SSSR count). The van der Waals surface area contributed by atoms with Crippen LogP contribution in [0.3, 0.4) is 0 Å². The molecule has 0 aliphatic rings. The first-order valence-corrected chi connectivity index (χ1v) is 6.40. The summed E-state index contributed by atoms with van der Waals surface area (Å²) < 4.78 is 10.4. The minimum absolute atomic E-state index is 0.261. The van der Waals surface area contributed by atoms with Gasteiger partial charge in [-0.25, -0.2) is 0 Å². The summed E-state index contributed by atoms with van der Waals surface area (Å²) in [4.78, 5) is 20.7. The molecule has 0 aliphatic carbocycles. The standard InChI is InChI=1S/C11H18Cl2O4/c12-10(14)4-8-16-6-2-1-3-7-17-9-5-11(13)15/h1-9H2. The second-order valence-corrected chi connectivity index (χ2v) is 4.34. The number of hydrogen-bond donors (Lipinski definition) is 0. The Morgan fingerprint density at radius 1 is 0.706 bits per heavy atom. The third-order valence-corrected chi connectivity index (χ3v) is 2.34. The zero-order valence-electron chi connectivity index (χ0n) is 9.75. The molecule has 0 spiro atoms. The fraction of sp³-hybridized carbons (Fsp3) is 0.818. The fourth-order valence-corrected chi connectivity index (χ4v) is 1.25. The van der Waals surface area contributed by atoms with E-state index in [1.165, 1.54) is 0 Å². The zero-order chi connectivity index (χ0) is 12.9. The van der Waals surface area contributed by atoms with Crippen molar-refractivity contribution in [1.29, 1.82) is 0 Å². The van der Waals surface area contributed by atoms with Crippen LogP contribution in [0, 0.1) is 0 Å². The molecule has 4 nitrogen and oxygen atoms in total. The first-order valence-electron chi connectivity index (χ1n) is 5.65. The summed E-state index contributed by atoms with van der Waals surface area (Å²) in [5.74, 6) is 0. The van der Waals surface area contributed by atoms with Gasteiger partial charge >= 0.3 is 0 Å². The highest BCUT2D eigenvalue weighted by Gasteiger charge is 1.97. The third-order valence-electron chi connectivity index (χ3n) is 1.96. The Hall–Kier alpha value is -0.160. The van der Waals surface area contributed by atoms with Crippen molar-refractivity contribution in [3.8, 4) is 0 Å². The Labute approximate surface area is 112 Å². The molecule has 0 fully saturated rings. The van der Waals surface area contributed by atoms with E-state index in [2.05, 4.69) is 0 Å². The average Bonchev–Trinajstić information content (AvgIpc) is 2.25. The molecule has 0 aromatic carbocycles. The molecule has 100 valence electrons. The van der Waals surface area contributed by atoms with Crippen molar-refractivity contribution < 1.29 is 19.1 Å². The lowest BCUT2D eigenvalue weighted by molar-refractivity contribution is -0.113. The Morgan fingerprint density at radius 3 is 1.47 bits per heavy atom. The van der Waals surface area contributed by atoms with Crippen LogP contribution in [0.1, 0.15) is 32.1 Å². The Bertz CT molecular complexity index is 200. The monoisotopic (exact) mass is 284 g/mol. The van der Waals surface area contributed by atoms with Gasteiger partial charge in [0.15, 0.2) is 0 Å². The number of halogens is 2. The van der Waals surface area contributed by atoms with E-state index < -0.39 is 0 Å². The van der Waals surface area contributed by atoms with E-state index in [9.17, 15) is 9.59 Å². The zero-order valence-corrected chi connectivity index (χ0v) is 11.3. The van der Waals surface area contributed by atoms with Crippen molar-refractivity contribution in [1.82, 2.24) is 0 Å². The van der Waals surface area contributed by atoms with Gasteiger partial charge in [0, 0.05) is 26.1 Å². The van der Waals surface area contributed by atoms with Gasteiger partial charge in [-0.3, -0.25) is 9.59 Å². The molecule has 0 aliphatic heterocycles. The first-order chi connectivity index (χ1) is 8.13. The van der Waals surface area contributed by atoms with Gasteiger partial charge in [-0.15, -0.1) is 0 Å². The second-order valence-electron chi connectivity index (χ2n) is 3.50. The molecule has 0 unspecified atom stereocenters. The van der Waals surface area contributed by atoms with Gasteiger partial charge < -0.3 is 9.47 Å². The highest BCUT2D eigenvalue weighted by molar-refractivity contribution is 6.63. The summed E-state index contributed by atoms with van der Waals surface area (Å²) in [6.07, 6.45) is 3.36. The van der Waals surface area contributed by atoms with Crippen LogP contribution in [-0.2, 0) is 19.1 Å². The molecule has 0 saturated heterocycles. The van der Waals surface area contributed by atoms with Gasteiger partial charge in [-0.05, 0) is 42.5 Å². The Balaban J connectivity index is 2.98. The lowest BCUT2D eigenvalue weighted by Crippen LogP contribution is -2.02. The lowest BCUT2D eigenvalue weighted by Gasteiger charge is -2.03. The molecule has 0 amide bonds. The maximum absolute atomic E-state index is 10.4. The van der Waals surface area contributed by atoms with Crippen LogP contribution in [0.25, 0.3) is 0 Å². The number of ether oxygens (including phenoxy) is 2. The topological polar surface area (TPSA) is 52.6 Å². The van der Waals surface area contributed by atoms with E-state index in [0.29, 0.717) is 26.4 Å². The summed E-state index contributed by atoms with van der Waals surface area (Å²) in [6, 6.07) is 0. The number of unbranched alkanes of at least 4 members (excludes halogenated alkanes) is 2. The van der Waals surface area contributed by atoms with Crippen molar-refractivity contribution in [2.24, 2.45) is 0 Å². The van der Waals surface area contributed by atoms with Crippen molar-refractivity contribution in [2.75, 3.05) is 26.4 Å². The SMILES string of the molecule is O=C(Cl)CCOCCCCCOCCC(=O)Cl. The van der Waals surface area contributed by atoms with Crippen LogP contribution >= 0.6 is 23.2 Å². The van der Waals surface area contributed by atoms with Gasteiger partial charge in [0.2, 0.25) is 10.5 Å². The third kappa shape index (κ3) is 15.8. The van der Waals surface area contributed by atoms with Gasteiger partial charge in [0.1, 0.15) is 0 Å². The molecule has 0 atom stereocenters. The van der Waals surface area contributed by atoms with E-state index in [-0.39, 0.29) is 23.3 Å². The Morgan fingerprint density at radius 2 is 1.12 bits per heavy atom. The fourth-order valence-electron chi connectivity index (χ4n) is 1.09. The van der Waals surface area contributed by atoms with E-state index in [4.69, 9.17) is 32.7 Å². The van der Waals surface area contributed by atoms with Gasteiger partial charge in [0.05, 0.1) is 13.2 Å². The predicted molar refractivity (Wildman–Crippen MR) is 66.4 cm³/mol. The summed E-state index contributed by atoms with van der Waals surface area (Å²) in [5, 5.41) is -0.737. The highest BCUT2D eigenvalue weighted by Crippen LogP contribution is 1.99. The molecule has 0 N–H and O–H groups in total. The molecule has 6 heteroatoms. The van der Waals surface area contributed by atoms with Crippen molar-refractivity contribution >= 4 is 33.7 Å². The van der Waals surface area contributed by atoms with Gasteiger partial charge in [0.25, 0.3) is 0 Å². The molecule has 0 aromatic rings. The van der Waals surface area contributed by atoms with E-state index >= 15 is 0 Å². The quantitative estimate of drug-likeness (QED) is 0.408. The van der Waals surface area contributed by atoms with Gasteiger partial charge in [-0.1, -0.05) is 0 Å². The molecule has 0 bridgehead atoms. The maximum atomic E-state index is 10.4. The normalized spacial score (nSPS) is 10.5. The summed E-state index contributed by atoms with van der Waals surface area (Å²) in [6.45, 7) is 2.03. The van der Waals surface area contributed by atoms with Crippen LogP contribution in [0.5, 0.6) is 0 Å². The largest absolute Gasteiger partial charge is 0.381 e.